The van der Waals surface area contributed by atoms with Gasteiger partial charge in [0.15, 0.2) is 0 Å². The van der Waals surface area contributed by atoms with Crippen LogP contribution in [0.25, 0.3) is 0 Å². The first kappa shape index (κ1) is 18.5. The second-order valence-electron chi connectivity index (χ2n) is 6.45. The number of methoxy groups -OCH3 is 1. The fourth-order valence-corrected chi connectivity index (χ4v) is 3.15. The second-order valence-corrected chi connectivity index (χ2v) is 7.60. The van der Waals surface area contributed by atoms with Gasteiger partial charge in [-0.15, -0.1) is 0 Å². The quantitative estimate of drug-likeness (QED) is 0.683. The van der Waals surface area contributed by atoms with E-state index in [-0.39, 0.29) is 5.41 Å². The Morgan fingerprint density at radius 3 is 2.38 bits per heavy atom. The number of ether oxygens (including phenoxy) is 1. The van der Waals surface area contributed by atoms with Gasteiger partial charge in [-0.2, -0.15) is 11.8 Å². The lowest BCUT2D eigenvalue weighted by Gasteiger charge is -2.22. The van der Waals surface area contributed by atoms with Crippen molar-refractivity contribution in [2.45, 2.75) is 45.6 Å². The summed E-state index contributed by atoms with van der Waals surface area (Å²) in [7, 11) is 1.76. The van der Waals surface area contributed by atoms with Gasteiger partial charge >= 0.3 is 0 Å². The highest BCUT2D eigenvalue weighted by Gasteiger charge is 2.15. The van der Waals surface area contributed by atoms with E-state index >= 15 is 0 Å². The molecule has 0 aliphatic rings. The monoisotopic (exact) mass is 309 g/mol. The van der Waals surface area contributed by atoms with E-state index in [4.69, 9.17) is 4.74 Å². The standard InChI is InChI=1S/C18H31NOS/c1-6-11-19-17(14-21-13-12-20-5)15-7-9-16(10-8-15)18(2,3)4/h7-10,17,19H,6,11-14H2,1-5H3. The third kappa shape index (κ3) is 6.86. The van der Waals surface area contributed by atoms with Crippen molar-refractivity contribution in [1.82, 2.24) is 5.32 Å². The minimum absolute atomic E-state index is 0.220. The van der Waals surface area contributed by atoms with E-state index in [1.54, 1.807) is 7.11 Å². The molecule has 1 aromatic carbocycles. The molecule has 2 nitrogen and oxygen atoms in total. The van der Waals surface area contributed by atoms with Crippen LogP contribution in [0.15, 0.2) is 24.3 Å². The average molecular weight is 310 g/mol. The lowest BCUT2D eigenvalue weighted by molar-refractivity contribution is 0.218. The van der Waals surface area contributed by atoms with Crippen molar-refractivity contribution in [2.75, 3.05) is 31.8 Å². The average Bonchev–Trinajstić information content (AvgIpc) is 2.46. The van der Waals surface area contributed by atoms with Crippen molar-refractivity contribution < 1.29 is 4.74 Å². The molecule has 21 heavy (non-hydrogen) atoms. The van der Waals surface area contributed by atoms with Gasteiger partial charge in [-0.25, -0.2) is 0 Å². The van der Waals surface area contributed by atoms with Crippen LogP contribution < -0.4 is 5.32 Å². The van der Waals surface area contributed by atoms with Crippen LogP contribution in [0.4, 0.5) is 0 Å². The van der Waals surface area contributed by atoms with Gasteiger partial charge < -0.3 is 10.1 Å². The van der Waals surface area contributed by atoms with Crippen molar-refractivity contribution >= 4 is 11.8 Å². The summed E-state index contributed by atoms with van der Waals surface area (Å²) in [5, 5.41) is 3.66. The molecule has 0 fully saturated rings. The van der Waals surface area contributed by atoms with E-state index in [9.17, 15) is 0 Å². The van der Waals surface area contributed by atoms with Crippen molar-refractivity contribution in [3.63, 3.8) is 0 Å². The molecule has 0 heterocycles. The number of rotatable bonds is 9. The maximum absolute atomic E-state index is 5.12. The first-order valence-electron chi connectivity index (χ1n) is 7.89. The molecule has 0 aliphatic heterocycles. The van der Waals surface area contributed by atoms with Crippen LogP contribution in [-0.2, 0) is 10.2 Å². The summed E-state index contributed by atoms with van der Waals surface area (Å²) in [5.41, 5.74) is 3.01. The molecule has 1 unspecified atom stereocenters. The first-order chi connectivity index (χ1) is 9.99. The SMILES string of the molecule is CCCNC(CSCCOC)c1ccc(C(C)(C)C)cc1. The summed E-state index contributed by atoms with van der Waals surface area (Å²) < 4.78 is 5.12. The molecular formula is C18H31NOS. The summed E-state index contributed by atoms with van der Waals surface area (Å²) in [6.45, 7) is 10.9. The Morgan fingerprint density at radius 2 is 1.86 bits per heavy atom. The van der Waals surface area contributed by atoms with Gasteiger partial charge in [0.1, 0.15) is 0 Å². The zero-order chi connectivity index (χ0) is 15.7. The van der Waals surface area contributed by atoms with Gasteiger partial charge in [-0.1, -0.05) is 52.0 Å². The van der Waals surface area contributed by atoms with Crippen LogP contribution in [0.3, 0.4) is 0 Å². The highest BCUT2D eigenvalue weighted by Crippen LogP contribution is 2.25. The molecular weight excluding hydrogens is 278 g/mol. The molecule has 0 radical (unpaired) electrons. The van der Waals surface area contributed by atoms with Crippen LogP contribution >= 0.6 is 11.8 Å². The topological polar surface area (TPSA) is 21.3 Å². The van der Waals surface area contributed by atoms with Crippen molar-refractivity contribution in [2.24, 2.45) is 0 Å². The minimum Gasteiger partial charge on any atom is -0.384 e. The van der Waals surface area contributed by atoms with Crippen LogP contribution in [-0.4, -0.2) is 31.8 Å². The van der Waals surface area contributed by atoms with E-state index in [0.29, 0.717) is 6.04 Å². The van der Waals surface area contributed by atoms with Crippen molar-refractivity contribution in [3.05, 3.63) is 35.4 Å². The fourth-order valence-electron chi connectivity index (χ4n) is 2.15. The Balaban J connectivity index is 2.68. The molecule has 0 saturated carbocycles. The first-order valence-corrected chi connectivity index (χ1v) is 9.05. The Labute approximate surface area is 135 Å². The van der Waals surface area contributed by atoms with Gasteiger partial charge in [0.25, 0.3) is 0 Å². The highest BCUT2D eigenvalue weighted by atomic mass is 32.2. The number of hydrogen-bond donors (Lipinski definition) is 1. The molecule has 0 aliphatic carbocycles. The highest BCUT2D eigenvalue weighted by molar-refractivity contribution is 7.99. The lowest BCUT2D eigenvalue weighted by Crippen LogP contribution is -2.24. The van der Waals surface area contributed by atoms with Crippen LogP contribution in [0.2, 0.25) is 0 Å². The molecule has 0 amide bonds. The van der Waals surface area contributed by atoms with Crippen molar-refractivity contribution in [1.29, 1.82) is 0 Å². The fraction of sp³-hybridized carbons (Fsp3) is 0.667. The second kappa shape index (κ2) is 9.50. The predicted molar refractivity (Wildman–Crippen MR) is 95.4 cm³/mol. The summed E-state index contributed by atoms with van der Waals surface area (Å²) >= 11 is 1.95. The van der Waals surface area contributed by atoms with Gasteiger partial charge in [0.2, 0.25) is 0 Å². The number of thioether (sulfide) groups is 1. The zero-order valence-electron chi connectivity index (χ0n) is 14.2. The minimum atomic E-state index is 0.220. The van der Waals surface area contributed by atoms with Gasteiger partial charge in [0.05, 0.1) is 6.61 Å². The third-order valence-corrected chi connectivity index (χ3v) is 4.56. The molecule has 0 aromatic heterocycles. The number of nitrogens with one attached hydrogen (secondary N) is 1. The molecule has 1 N–H and O–H groups in total. The Kier molecular flexibility index (Phi) is 8.38. The summed E-state index contributed by atoms with van der Waals surface area (Å²) in [6, 6.07) is 9.54. The maximum Gasteiger partial charge on any atom is 0.0552 e. The Hall–Kier alpha value is -0.510. The normalized spacial score (nSPS) is 13.4. The molecule has 0 spiro atoms. The summed E-state index contributed by atoms with van der Waals surface area (Å²) in [4.78, 5) is 0. The largest absolute Gasteiger partial charge is 0.384 e. The number of benzene rings is 1. The van der Waals surface area contributed by atoms with Crippen LogP contribution in [0.5, 0.6) is 0 Å². The van der Waals surface area contributed by atoms with E-state index in [0.717, 1.165) is 24.7 Å². The summed E-state index contributed by atoms with van der Waals surface area (Å²) in [5.74, 6) is 2.15. The van der Waals surface area contributed by atoms with Gasteiger partial charge in [-0.05, 0) is 29.5 Å². The molecule has 1 atom stereocenters. The molecule has 3 heteroatoms. The van der Waals surface area contributed by atoms with Crippen molar-refractivity contribution in [3.8, 4) is 0 Å². The molecule has 0 bridgehead atoms. The van der Waals surface area contributed by atoms with Crippen LogP contribution in [0, 0.1) is 0 Å². The number of hydrogen-bond acceptors (Lipinski definition) is 3. The zero-order valence-corrected chi connectivity index (χ0v) is 15.1. The Morgan fingerprint density at radius 1 is 1.19 bits per heavy atom. The van der Waals surface area contributed by atoms with Gasteiger partial charge in [0, 0.05) is 24.7 Å². The van der Waals surface area contributed by atoms with E-state index in [2.05, 4.69) is 57.3 Å². The van der Waals surface area contributed by atoms with Crippen LogP contribution in [0.1, 0.15) is 51.3 Å². The van der Waals surface area contributed by atoms with E-state index in [1.165, 1.54) is 17.5 Å². The predicted octanol–water partition coefficient (Wildman–Crippen LogP) is 4.40. The molecule has 0 saturated heterocycles. The van der Waals surface area contributed by atoms with Gasteiger partial charge in [-0.3, -0.25) is 0 Å². The maximum atomic E-state index is 5.12. The smallest absolute Gasteiger partial charge is 0.0552 e. The molecule has 1 rings (SSSR count). The summed E-state index contributed by atoms with van der Waals surface area (Å²) in [6.07, 6.45) is 1.17. The molecule has 120 valence electrons. The lowest BCUT2D eigenvalue weighted by atomic mass is 9.86. The molecule has 1 aromatic rings. The van der Waals surface area contributed by atoms with E-state index < -0.39 is 0 Å². The third-order valence-electron chi connectivity index (χ3n) is 3.54. The Bertz CT molecular complexity index is 383. The van der Waals surface area contributed by atoms with E-state index in [1.807, 2.05) is 11.8 Å².